The Kier molecular flexibility index (Phi) is 2.99. The average molecular weight is 179 g/mol. The third-order valence-electron chi connectivity index (χ3n) is 1.92. The molecule has 0 saturated carbocycles. The molecule has 6 N–H and O–H groups in total. The van der Waals surface area contributed by atoms with Crippen LogP contribution in [-0.4, -0.2) is 57.7 Å². The van der Waals surface area contributed by atoms with Gasteiger partial charge in [-0.3, -0.25) is 0 Å². The van der Waals surface area contributed by atoms with E-state index in [-0.39, 0.29) is 6.54 Å². The minimum Gasteiger partial charge on any atom is -0.388 e. The van der Waals surface area contributed by atoms with Crippen molar-refractivity contribution in [2.45, 2.75) is 30.7 Å². The summed E-state index contributed by atoms with van der Waals surface area (Å²) >= 11 is 0. The van der Waals surface area contributed by atoms with Gasteiger partial charge in [-0.05, 0) is 0 Å². The van der Waals surface area contributed by atoms with Gasteiger partial charge in [-0.25, -0.2) is 0 Å². The van der Waals surface area contributed by atoms with E-state index in [0.717, 1.165) is 0 Å². The Morgan fingerprint density at radius 1 is 1.00 bits per heavy atom. The summed E-state index contributed by atoms with van der Waals surface area (Å²) in [5.74, 6) is 0. The number of nitrogens with two attached hydrogens (primary N) is 1. The molecule has 0 aliphatic carbocycles. The molecule has 0 bridgehead atoms. The average Bonchev–Trinajstić information content (AvgIpc) is 2.08. The van der Waals surface area contributed by atoms with Gasteiger partial charge in [0.25, 0.3) is 0 Å². The molecular formula is C6H13NO5. The summed E-state index contributed by atoms with van der Waals surface area (Å²) in [6.07, 6.45) is -6.48. The lowest BCUT2D eigenvalue weighted by Crippen LogP contribution is -2.59. The summed E-state index contributed by atoms with van der Waals surface area (Å²) in [7, 11) is 0. The maximum Gasteiger partial charge on any atom is 0.184 e. The van der Waals surface area contributed by atoms with E-state index in [4.69, 9.17) is 25.8 Å². The quantitative estimate of drug-likeness (QED) is 0.288. The zero-order chi connectivity index (χ0) is 9.30. The van der Waals surface area contributed by atoms with E-state index >= 15 is 0 Å². The van der Waals surface area contributed by atoms with Crippen LogP contribution in [0.25, 0.3) is 0 Å². The summed E-state index contributed by atoms with van der Waals surface area (Å²) in [5, 5.41) is 36.3. The normalized spacial score (nSPS) is 49.2. The number of aliphatic hydroxyl groups excluding tert-OH is 4. The van der Waals surface area contributed by atoms with Crippen LogP contribution < -0.4 is 5.73 Å². The molecule has 1 aliphatic heterocycles. The minimum atomic E-state index is -1.49. The number of aliphatic hydroxyl groups is 4. The van der Waals surface area contributed by atoms with Crippen LogP contribution in [0.5, 0.6) is 0 Å². The lowest BCUT2D eigenvalue weighted by atomic mass is 9.99. The lowest BCUT2D eigenvalue weighted by Gasteiger charge is -2.37. The van der Waals surface area contributed by atoms with E-state index in [1.165, 1.54) is 0 Å². The van der Waals surface area contributed by atoms with Crippen molar-refractivity contribution >= 4 is 0 Å². The zero-order valence-electron chi connectivity index (χ0n) is 6.37. The molecule has 1 unspecified atom stereocenters. The standard InChI is InChI=1S/C6H13NO5/c7-1-2-3(8)4(9)5(10)6(11)12-2/h2-6,8-11H,1,7H2/t2-,3?,4+,5+,6-/m1/s1. The Labute approximate surface area is 69.2 Å². The number of hydrogen-bond donors (Lipinski definition) is 5. The predicted molar refractivity (Wildman–Crippen MR) is 38.0 cm³/mol. The lowest BCUT2D eigenvalue weighted by molar-refractivity contribution is -0.279. The van der Waals surface area contributed by atoms with Crippen LogP contribution >= 0.6 is 0 Å². The van der Waals surface area contributed by atoms with E-state index in [9.17, 15) is 5.11 Å². The second kappa shape index (κ2) is 3.65. The Morgan fingerprint density at radius 3 is 2.08 bits per heavy atom. The van der Waals surface area contributed by atoms with Crippen LogP contribution in [0, 0.1) is 0 Å². The van der Waals surface area contributed by atoms with Gasteiger partial charge in [-0.1, -0.05) is 0 Å². The van der Waals surface area contributed by atoms with E-state index in [1.807, 2.05) is 0 Å². The number of hydrogen-bond acceptors (Lipinski definition) is 6. The van der Waals surface area contributed by atoms with E-state index in [1.54, 1.807) is 0 Å². The smallest absolute Gasteiger partial charge is 0.184 e. The van der Waals surface area contributed by atoms with Crippen LogP contribution in [0.3, 0.4) is 0 Å². The molecule has 1 heterocycles. The first kappa shape index (κ1) is 9.85. The van der Waals surface area contributed by atoms with Gasteiger partial charge in [-0.15, -0.1) is 0 Å². The molecular weight excluding hydrogens is 166 g/mol. The first-order valence-corrected chi connectivity index (χ1v) is 3.65. The minimum absolute atomic E-state index is 0.0258. The first-order chi connectivity index (χ1) is 5.57. The van der Waals surface area contributed by atoms with E-state index in [0.29, 0.717) is 0 Å². The van der Waals surface area contributed by atoms with Gasteiger partial charge in [0.15, 0.2) is 6.29 Å². The fraction of sp³-hybridized carbons (Fsp3) is 1.00. The highest BCUT2D eigenvalue weighted by Crippen LogP contribution is 2.18. The summed E-state index contributed by atoms with van der Waals surface area (Å²) in [6.45, 7) is -0.0258. The molecule has 1 aliphatic rings. The van der Waals surface area contributed by atoms with Crippen molar-refractivity contribution in [3.8, 4) is 0 Å². The molecule has 12 heavy (non-hydrogen) atoms. The fourth-order valence-corrected chi connectivity index (χ4v) is 1.13. The maximum absolute atomic E-state index is 9.20. The summed E-state index contributed by atoms with van der Waals surface area (Å²) in [6, 6.07) is 0. The predicted octanol–water partition coefficient (Wildman–Crippen LogP) is -3.25. The van der Waals surface area contributed by atoms with Crippen LogP contribution in [0.1, 0.15) is 0 Å². The van der Waals surface area contributed by atoms with E-state index in [2.05, 4.69) is 0 Å². The monoisotopic (exact) mass is 179 g/mol. The highest BCUT2D eigenvalue weighted by atomic mass is 16.6. The van der Waals surface area contributed by atoms with E-state index < -0.39 is 30.7 Å². The van der Waals surface area contributed by atoms with Crippen molar-refractivity contribution in [2.75, 3.05) is 6.54 Å². The summed E-state index contributed by atoms with van der Waals surface area (Å²) in [5.41, 5.74) is 5.17. The maximum atomic E-state index is 9.20. The van der Waals surface area contributed by atoms with Gasteiger partial charge < -0.3 is 30.9 Å². The van der Waals surface area contributed by atoms with Crippen molar-refractivity contribution in [1.82, 2.24) is 0 Å². The van der Waals surface area contributed by atoms with Crippen LogP contribution in [0.15, 0.2) is 0 Å². The highest BCUT2D eigenvalue weighted by molar-refractivity contribution is 4.88. The Bertz CT molecular complexity index is 150. The van der Waals surface area contributed by atoms with Gasteiger partial charge >= 0.3 is 0 Å². The van der Waals surface area contributed by atoms with Gasteiger partial charge in [0, 0.05) is 6.54 Å². The molecule has 6 heteroatoms. The molecule has 5 atom stereocenters. The fourth-order valence-electron chi connectivity index (χ4n) is 1.13. The second-order valence-corrected chi connectivity index (χ2v) is 2.77. The molecule has 0 amide bonds. The van der Waals surface area contributed by atoms with Crippen molar-refractivity contribution < 1.29 is 25.2 Å². The van der Waals surface area contributed by atoms with Crippen molar-refractivity contribution in [1.29, 1.82) is 0 Å². The Hall–Kier alpha value is -0.240. The van der Waals surface area contributed by atoms with Crippen LogP contribution in [0.4, 0.5) is 0 Å². The molecule has 72 valence electrons. The molecule has 0 spiro atoms. The van der Waals surface area contributed by atoms with Crippen LogP contribution in [0.2, 0.25) is 0 Å². The van der Waals surface area contributed by atoms with Crippen molar-refractivity contribution in [3.63, 3.8) is 0 Å². The third-order valence-corrected chi connectivity index (χ3v) is 1.92. The topological polar surface area (TPSA) is 116 Å². The molecule has 0 aromatic rings. The summed E-state index contributed by atoms with van der Waals surface area (Å²) in [4.78, 5) is 0. The largest absolute Gasteiger partial charge is 0.388 e. The van der Waals surface area contributed by atoms with Gasteiger partial charge in [-0.2, -0.15) is 0 Å². The molecule has 0 radical (unpaired) electrons. The van der Waals surface area contributed by atoms with Crippen molar-refractivity contribution in [3.05, 3.63) is 0 Å². The van der Waals surface area contributed by atoms with Crippen LogP contribution in [-0.2, 0) is 4.74 Å². The van der Waals surface area contributed by atoms with Crippen molar-refractivity contribution in [2.24, 2.45) is 5.73 Å². The van der Waals surface area contributed by atoms with Gasteiger partial charge in [0.1, 0.15) is 24.4 Å². The molecule has 1 rings (SSSR count). The summed E-state index contributed by atoms with van der Waals surface area (Å²) < 4.78 is 4.70. The number of rotatable bonds is 1. The molecule has 1 saturated heterocycles. The zero-order valence-corrected chi connectivity index (χ0v) is 6.37. The molecule has 0 aromatic carbocycles. The SMILES string of the molecule is NC[C@H]1O[C@@H](O)[C@@H](O)[C@@H](O)C1O. The Morgan fingerprint density at radius 2 is 1.58 bits per heavy atom. The second-order valence-electron chi connectivity index (χ2n) is 2.77. The first-order valence-electron chi connectivity index (χ1n) is 3.65. The molecule has 6 nitrogen and oxygen atoms in total. The van der Waals surface area contributed by atoms with Gasteiger partial charge in [0.2, 0.25) is 0 Å². The number of ether oxygens (including phenoxy) is 1. The molecule has 1 fully saturated rings. The Balaban J connectivity index is 2.63. The van der Waals surface area contributed by atoms with Gasteiger partial charge in [0.05, 0.1) is 0 Å². The molecule has 0 aromatic heterocycles. The highest BCUT2D eigenvalue weighted by Gasteiger charge is 2.42. The third kappa shape index (κ3) is 1.58.